The van der Waals surface area contributed by atoms with E-state index in [-0.39, 0.29) is 24.8 Å². The van der Waals surface area contributed by atoms with Gasteiger partial charge in [0.05, 0.1) is 0 Å². The van der Waals surface area contributed by atoms with E-state index in [0.717, 1.165) is 12.8 Å². The second-order valence-electron chi connectivity index (χ2n) is 8.93. The van der Waals surface area contributed by atoms with Crippen molar-refractivity contribution in [1.82, 2.24) is 0 Å². The Hall–Kier alpha value is -2.31. The average molecular weight is 585 g/mol. The van der Waals surface area contributed by atoms with Crippen molar-refractivity contribution < 1.29 is 49.0 Å². The topological polar surface area (TPSA) is 0 Å². The Bertz CT molecular complexity index is 1440. The Labute approximate surface area is 242 Å². The zero-order valence-electron chi connectivity index (χ0n) is 20.4. The molecule has 0 radical (unpaired) electrons. The molecule has 0 nitrogen and oxygen atoms in total. The van der Waals surface area contributed by atoms with E-state index in [4.69, 9.17) is 0 Å². The fraction of sp³-hybridized carbons (Fsp3) is 0.121. The van der Waals surface area contributed by atoms with Gasteiger partial charge in [-0.2, -0.15) is 42.0 Å². The maximum atomic E-state index is 3.37. The van der Waals surface area contributed by atoms with Crippen molar-refractivity contribution in [1.29, 1.82) is 0 Å². The Morgan fingerprint density at radius 1 is 0.806 bits per heavy atom. The van der Waals surface area contributed by atoms with Gasteiger partial charge in [-0.15, -0.1) is 28.9 Å². The number of rotatable bonds is 0. The molecule has 0 aliphatic heterocycles. The third kappa shape index (κ3) is 5.97. The molecule has 0 saturated carbocycles. The van der Waals surface area contributed by atoms with Crippen LogP contribution in [0.25, 0.3) is 27.5 Å². The summed E-state index contributed by atoms with van der Waals surface area (Å²) in [5, 5.41) is 2.66. The molecule has 0 bridgehead atoms. The first-order valence-corrected chi connectivity index (χ1v) is 13.0. The molecule has 0 amide bonds. The number of fused-ring (bicyclic) bond motifs is 8. The van der Waals surface area contributed by atoms with Crippen LogP contribution >= 0.6 is 0 Å². The average Bonchev–Trinajstić information content (AvgIpc) is 3.48. The molecule has 0 fully saturated rings. The van der Waals surface area contributed by atoms with Gasteiger partial charge in [-0.1, -0.05) is 88.3 Å². The molecule has 7 rings (SSSR count). The minimum atomic E-state index is 0. The van der Waals surface area contributed by atoms with Gasteiger partial charge in [-0.25, -0.2) is 0 Å². The summed E-state index contributed by atoms with van der Waals surface area (Å²) >= 11 is 1.55. The Kier molecular flexibility index (Phi) is 10.0. The number of hydrogen-bond acceptors (Lipinski definition) is 0. The fourth-order valence-corrected chi connectivity index (χ4v) is 4.77. The maximum absolute atomic E-state index is 3.37. The van der Waals surface area contributed by atoms with E-state index in [1.54, 1.807) is 24.2 Å². The molecule has 0 aromatic heterocycles. The van der Waals surface area contributed by atoms with Crippen LogP contribution < -0.4 is 24.8 Å². The van der Waals surface area contributed by atoms with E-state index in [2.05, 4.69) is 111 Å². The van der Waals surface area contributed by atoms with Gasteiger partial charge in [0.2, 0.25) is 0 Å². The summed E-state index contributed by atoms with van der Waals surface area (Å²) < 4.78 is 1.51. The molecular formula is C33H26Cl2Zr-2. The zero-order chi connectivity index (χ0) is 23.5. The van der Waals surface area contributed by atoms with Crippen LogP contribution in [0.15, 0.2) is 103 Å². The molecule has 0 unspecified atom stereocenters. The van der Waals surface area contributed by atoms with Gasteiger partial charge < -0.3 is 24.8 Å². The largest absolute Gasteiger partial charge is 1.00 e. The third-order valence-electron chi connectivity index (χ3n) is 6.20. The van der Waals surface area contributed by atoms with Gasteiger partial charge in [0.25, 0.3) is 0 Å². The Morgan fingerprint density at radius 3 is 2.36 bits per heavy atom. The number of hydrogen-bond donors (Lipinski definition) is 0. The van der Waals surface area contributed by atoms with E-state index in [9.17, 15) is 0 Å². The summed E-state index contributed by atoms with van der Waals surface area (Å²) in [5.41, 5.74) is 10.9. The summed E-state index contributed by atoms with van der Waals surface area (Å²) in [6, 6.07) is 31.2. The monoisotopic (exact) mass is 582 g/mol. The van der Waals surface area contributed by atoms with Crippen LogP contribution in [0.2, 0.25) is 0 Å². The summed E-state index contributed by atoms with van der Waals surface area (Å²) in [6.45, 7) is 4.25. The molecule has 36 heavy (non-hydrogen) atoms. The summed E-state index contributed by atoms with van der Waals surface area (Å²) in [4.78, 5) is 0. The Balaban J connectivity index is 0.000000171. The Morgan fingerprint density at radius 2 is 1.53 bits per heavy atom. The van der Waals surface area contributed by atoms with Crippen LogP contribution in [0.5, 0.6) is 0 Å². The smallest absolute Gasteiger partial charge is 0.0253 e. The SMILES string of the molecule is C[C](C)=[Zr+2].[C-]1=C2C(=CCc3ccc4ccccc4c32)C=C1.[Cl-].[Cl-].[c-]1cccc2c1Cc1ccccc1-2. The number of allylic oxidation sites excluding steroid dienone is 6. The first-order chi connectivity index (χ1) is 16.6. The molecule has 3 aliphatic rings. The number of benzene rings is 4. The van der Waals surface area contributed by atoms with Gasteiger partial charge in [0.1, 0.15) is 0 Å². The molecule has 0 N–H and O–H groups in total. The van der Waals surface area contributed by atoms with E-state index < -0.39 is 0 Å². The van der Waals surface area contributed by atoms with Gasteiger partial charge in [-0.05, 0) is 18.2 Å². The van der Waals surface area contributed by atoms with Crippen LogP contribution in [0.1, 0.15) is 36.1 Å². The van der Waals surface area contributed by atoms with Crippen molar-refractivity contribution >= 4 is 19.6 Å². The molecule has 0 atom stereocenters. The van der Waals surface area contributed by atoms with Crippen molar-refractivity contribution in [2.24, 2.45) is 0 Å². The van der Waals surface area contributed by atoms with Crippen molar-refractivity contribution in [3.05, 3.63) is 137 Å². The van der Waals surface area contributed by atoms with E-state index in [1.807, 2.05) is 12.1 Å². The van der Waals surface area contributed by atoms with Crippen LogP contribution in [0, 0.1) is 12.1 Å². The second-order valence-corrected chi connectivity index (χ2v) is 11.4. The van der Waals surface area contributed by atoms with Crippen LogP contribution in [0.3, 0.4) is 0 Å². The number of halogens is 2. The molecule has 0 saturated heterocycles. The summed E-state index contributed by atoms with van der Waals surface area (Å²) in [5.74, 6) is 0. The van der Waals surface area contributed by atoms with Crippen molar-refractivity contribution in [3.8, 4) is 11.1 Å². The van der Waals surface area contributed by atoms with Crippen LogP contribution in [-0.4, -0.2) is 3.21 Å². The van der Waals surface area contributed by atoms with Crippen LogP contribution in [0.4, 0.5) is 0 Å². The first kappa shape index (κ1) is 28.3. The van der Waals surface area contributed by atoms with Crippen molar-refractivity contribution in [3.63, 3.8) is 0 Å². The van der Waals surface area contributed by atoms with E-state index in [1.165, 1.54) is 58.5 Å². The first-order valence-electron chi connectivity index (χ1n) is 11.7. The minimum Gasteiger partial charge on any atom is -1.00 e. The summed E-state index contributed by atoms with van der Waals surface area (Å²) in [6.07, 6.45) is 11.9. The molecule has 0 heterocycles. The van der Waals surface area contributed by atoms with Gasteiger partial charge in [-0.3, -0.25) is 0 Å². The molecule has 178 valence electrons. The molecular weight excluding hydrogens is 558 g/mol. The van der Waals surface area contributed by atoms with E-state index >= 15 is 0 Å². The fourth-order valence-electron chi connectivity index (χ4n) is 4.77. The standard InChI is InChI=1S/C17H11.C13H9.C3H6.2ClH.Zr/c1-2-6-15-12(4-1)8-10-14-11-9-13-5-3-7-16(13)17(14)15;1-3-7-12-10(5-1)9-11-6-2-4-8-13(11)12;1-3-2;;;/h1-6,8-10H,11H2;1-5,7-8H,9H2;1-2H3;2*1H;/q2*-1;;;;+2/p-2. The predicted octanol–water partition coefficient (Wildman–Crippen LogP) is 1.89. The molecule has 4 aromatic carbocycles. The normalized spacial score (nSPS) is 13.0. The molecule has 3 aliphatic carbocycles. The van der Waals surface area contributed by atoms with Gasteiger partial charge >= 0.3 is 41.3 Å². The van der Waals surface area contributed by atoms with Crippen molar-refractivity contribution in [2.75, 3.05) is 0 Å². The maximum Gasteiger partial charge on any atom is -0.0253 e. The summed E-state index contributed by atoms with van der Waals surface area (Å²) in [7, 11) is 0. The molecule has 4 aromatic rings. The molecule has 3 heteroatoms. The second kappa shape index (κ2) is 12.8. The quantitative estimate of drug-likeness (QED) is 0.244. The zero-order valence-corrected chi connectivity index (χ0v) is 24.4. The third-order valence-corrected chi connectivity index (χ3v) is 6.20. The minimum absolute atomic E-state index is 0. The van der Waals surface area contributed by atoms with E-state index in [0.29, 0.717) is 0 Å². The van der Waals surface area contributed by atoms with Gasteiger partial charge in [0.15, 0.2) is 0 Å². The van der Waals surface area contributed by atoms with Crippen molar-refractivity contribution in [2.45, 2.75) is 26.7 Å². The van der Waals surface area contributed by atoms with Crippen LogP contribution in [-0.2, 0) is 37.1 Å². The molecule has 0 spiro atoms. The van der Waals surface area contributed by atoms with Gasteiger partial charge in [0, 0.05) is 0 Å². The predicted molar refractivity (Wildman–Crippen MR) is 141 cm³/mol.